The molecule has 1 aromatic rings. The van der Waals surface area contributed by atoms with E-state index in [2.05, 4.69) is 0 Å². The minimum Gasteiger partial charge on any atom is -0.482 e. The first-order valence-electron chi connectivity index (χ1n) is 9.26. The van der Waals surface area contributed by atoms with Crippen LogP contribution in [-0.4, -0.2) is 48.2 Å². The molecule has 0 aromatic heterocycles. The van der Waals surface area contributed by atoms with Gasteiger partial charge in [0.05, 0.1) is 5.69 Å². The van der Waals surface area contributed by atoms with E-state index in [-0.39, 0.29) is 30.2 Å². The Balaban J connectivity index is 1.87. The molecule has 0 radical (unpaired) electrons. The maximum absolute atomic E-state index is 13.0. The van der Waals surface area contributed by atoms with Crippen molar-refractivity contribution in [3.63, 3.8) is 0 Å². The Labute approximate surface area is 154 Å². The summed E-state index contributed by atoms with van der Waals surface area (Å²) in [7, 11) is 1.83. The molecular formula is C20H26N2O4. The van der Waals surface area contributed by atoms with Crippen molar-refractivity contribution in [2.45, 2.75) is 58.0 Å². The van der Waals surface area contributed by atoms with Crippen LogP contribution < -0.4 is 9.64 Å². The van der Waals surface area contributed by atoms with Crippen molar-refractivity contribution in [3.05, 3.63) is 23.8 Å². The molecule has 0 spiro atoms. The van der Waals surface area contributed by atoms with Crippen LogP contribution in [0.4, 0.5) is 5.69 Å². The predicted octanol–water partition coefficient (Wildman–Crippen LogP) is 2.79. The summed E-state index contributed by atoms with van der Waals surface area (Å²) in [5.41, 5.74) is 0.985. The Morgan fingerprint density at radius 3 is 2.58 bits per heavy atom. The predicted molar refractivity (Wildman–Crippen MR) is 98.5 cm³/mol. The highest BCUT2D eigenvalue weighted by Crippen LogP contribution is 2.35. The molecule has 140 valence electrons. The summed E-state index contributed by atoms with van der Waals surface area (Å²) in [4.78, 5) is 40.6. The average Bonchev–Trinajstić information content (AvgIpc) is 2.66. The lowest BCUT2D eigenvalue weighted by Crippen LogP contribution is -2.53. The standard InChI is InChI=1S/C20H26N2O4/c1-13(20(25)21(3)16-7-5-4-6-8-16)22-17-11-15(14(2)23)9-10-18(17)26-12-19(22)24/h9-11,13,16H,4-8,12H2,1-3H3. The van der Waals surface area contributed by atoms with Gasteiger partial charge in [0.2, 0.25) is 5.91 Å². The number of rotatable bonds is 4. The zero-order chi connectivity index (χ0) is 18.8. The number of carbonyl (C=O) groups is 3. The molecule has 0 N–H and O–H groups in total. The van der Waals surface area contributed by atoms with Gasteiger partial charge in [-0.3, -0.25) is 19.3 Å². The fourth-order valence-corrected chi connectivity index (χ4v) is 3.87. The molecule has 0 saturated heterocycles. The first kappa shape index (κ1) is 18.4. The third kappa shape index (κ3) is 3.45. The van der Waals surface area contributed by atoms with Gasteiger partial charge in [-0.1, -0.05) is 19.3 Å². The Morgan fingerprint density at radius 2 is 1.92 bits per heavy atom. The summed E-state index contributed by atoms with van der Waals surface area (Å²) < 4.78 is 5.48. The molecule has 2 aliphatic rings. The summed E-state index contributed by atoms with van der Waals surface area (Å²) in [5.74, 6) is 0.0843. The van der Waals surface area contributed by atoms with Crippen LogP contribution in [0.25, 0.3) is 0 Å². The zero-order valence-corrected chi connectivity index (χ0v) is 15.7. The van der Waals surface area contributed by atoms with Gasteiger partial charge in [0.25, 0.3) is 5.91 Å². The van der Waals surface area contributed by atoms with E-state index in [0.717, 1.165) is 25.7 Å². The third-order valence-corrected chi connectivity index (χ3v) is 5.46. The molecule has 0 bridgehead atoms. The monoisotopic (exact) mass is 358 g/mol. The van der Waals surface area contributed by atoms with Crippen LogP contribution in [0.3, 0.4) is 0 Å². The van der Waals surface area contributed by atoms with Gasteiger partial charge in [-0.25, -0.2) is 0 Å². The van der Waals surface area contributed by atoms with Crippen LogP contribution in [0.5, 0.6) is 5.75 Å². The number of anilines is 1. The second-order valence-corrected chi connectivity index (χ2v) is 7.21. The van der Waals surface area contributed by atoms with Gasteiger partial charge in [-0.05, 0) is 44.9 Å². The summed E-state index contributed by atoms with van der Waals surface area (Å²) in [6.07, 6.45) is 5.52. The number of nitrogens with zero attached hydrogens (tertiary/aromatic N) is 2. The second kappa shape index (κ2) is 7.48. The third-order valence-electron chi connectivity index (χ3n) is 5.46. The van der Waals surface area contributed by atoms with E-state index in [1.54, 1.807) is 30.0 Å². The quantitative estimate of drug-likeness (QED) is 0.776. The summed E-state index contributed by atoms with van der Waals surface area (Å²) in [5, 5.41) is 0. The van der Waals surface area contributed by atoms with Crippen molar-refractivity contribution in [2.24, 2.45) is 0 Å². The molecule has 2 amide bonds. The van der Waals surface area contributed by atoms with E-state index in [1.807, 2.05) is 7.05 Å². The summed E-state index contributed by atoms with van der Waals surface area (Å²) in [6, 6.07) is 4.60. The molecule has 26 heavy (non-hydrogen) atoms. The van der Waals surface area contributed by atoms with Crippen molar-refractivity contribution in [1.29, 1.82) is 0 Å². The van der Waals surface area contributed by atoms with E-state index in [4.69, 9.17) is 4.74 Å². The topological polar surface area (TPSA) is 66.9 Å². The van der Waals surface area contributed by atoms with Gasteiger partial charge in [0.1, 0.15) is 11.8 Å². The van der Waals surface area contributed by atoms with E-state index < -0.39 is 6.04 Å². The van der Waals surface area contributed by atoms with E-state index >= 15 is 0 Å². The molecule has 1 aromatic carbocycles. The van der Waals surface area contributed by atoms with Crippen LogP contribution in [0, 0.1) is 0 Å². The number of ketones is 1. The number of Topliss-reactive ketones (excluding diaryl/α,β-unsaturated/α-hetero) is 1. The lowest BCUT2D eigenvalue weighted by molar-refractivity contribution is -0.136. The van der Waals surface area contributed by atoms with Gasteiger partial charge in [-0.2, -0.15) is 0 Å². The maximum atomic E-state index is 13.0. The average molecular weight is 358 g/mol. The number of benzene rings is 1. The van der Waals surface area contributed by atoms with E-state index in [0.29, 0.717) is 17.0 Å². The van der Waals surface area contributed by atoms with Gasteiger partial charge in [-0.15, -0.1) is 0 Å². The maximum Gasteiger partial charge on any atom is 0.265 e. The number of hydrogen-bond acceptors (Lipinski definition) is 4. The molecule has 6 nitrogen and oxygen atoms in total. The molecule has 1 fully saturated rings. The van der Waals surface area contributed by atoms with Crippen molar-refractivity contribution in [3.8, 4) is 5.75 Å². The minimum atomic E-state index is -0.640. The Bertz CT molecular complexity index is 725. The van der Waals surface area contributed by atoms with Crippen LogP contribution >= 0.6 is 0 Å². The van der Waals surface area contributed by atoms with Crippen molar-refractivity contribution < 1.29 is 19.1 Å². The SMILES string of the molecule is CC(=O)c1ccc2c(c1)N(C(C)C(=O)N(C)C1CCCCC1)C(=O)CO2. The molecule has 1 aliphatic carbocycles. The molecule has 1 atom stereocenters. The Kier molecular flexibility index (Phi) is 5.30. The molecule has 1 aliphatic heterocycles. The van der Waals surface area contributed by atoms with Crippen molar-refractivity contribution in [2.75, 3.05) is 18.6 Å². The van der Waals surface area contributed by atoms with E-state index in [9.17, 15) is 14.4 Å². The first-order valence-corrected chi connectivity index (χ1v) is 9.26. The van der Waals surface area contributed by atoms with Crippen LogP contribution in [0.1, 0.15) is 56.3 Å². The normalized spacial score (nSPS) is 18.7. The highest BCUT2D eigenvalue weighted by molar-refractivity contribution is 6.05. The van der Waals surface area contributed by atoms with Crippen molar-refractivity contribution in [1.82, 2.24) is 4.90 Å². The molecular weight excluding hydrogens is 332 g/mol. The highest BCUT2D eigenvalue weighted by Gasteiger charge is 2.36. The van der Waals surface area contributed by atoms with Gasteiger partial charge >= 0.3 is 0 Å². The van der Waals surface area contributed by atoms with Gasteiger partial charge in [0.15, 0.2) is 12.4 Å². The highest BCUT2D eigenvalue weighted by atomic mass is 16.5. The van der Waals surface area contributed by atoms with Crippen molar-refractivity contribution >= 4 is 23.3 Å². The number of fused-ring (bicyclic) bond motifs is 1. The Hall–Kier alpha value is -2.37. The smallest absolute Gasteiger partial charge is 0.265 e. The van der Waals surface area contributed by atoms with Crippen LogP contribution in [0.15, 0.2) is 18.2 Å². The summed E-state index contributed by atoms with van der Waals surface area (Å²) in [6.45, 7) is 3.12. The number of likely N-dealkylation sites (N-methyl/N-ethyl adjacent to an activating group) is 1. The molecule has 1 saturated carbocycles. The lowest BCUT2D eigenvalue weighted by atomic mass is 9.94. The molecule has 1 heterocycles. The fraction of sp³-hybridized carbons (Fsp3) is 0.550. The van der Waals surface area contributed by atoms with Gasteiger partial charge in [0, 0.05) is 18.7 Å². The van der Waals surface area contributed by atoms with E-state index in [1.165, 1.54) is 18.2 Å². The molecule has 1 unspecified atom stereocenters. The first-order chi connectivity index (χ1) is 12.4. The number of hydrogen-bond donors (Lipinski definition) is 0. The lowest BCUT2D eigenvalue weighted by Gasteiger charge is -2.38. The fourth-order valence-electron chi connectivity index (χ4n) is 3.87. The molecule has 6 heteroatoms. The minimum absolute atomic E-state index is 0.0775. The molecule has 3 rings (SSSR count). The number of carbonyl (C=O) groups excluding carboxylic acids is 3. The number of ether oxygens (including phenoxy) is 1. The zero-order valence-electron chi connectivity index (χ0n) is 15.7. The van der Waals surface area contributed by atoms with Crippen LogP contribution in [-0.2, 0) is 9.59 Å². The second-order valence-electron chi connectivity index (χ2n) is 7.21. The van der Waals surface area contributed by atoms with Crippen LogP contribution in [0.2, 0.25) is 0 Å². The largest absolute Gasteiger partial charge is 0.482 e. The Morgan fingerprint density at radius 1 is 1.23 bits per heavy atom. The van der Waals surface area contributed by atoms with Gasteiger partial charge < -0.3 is 9.64 Å². The number of amides is 2. The summed E-state index contributed by atoms with van der Waals surface area (Å²) >= 11 is 0.